The van der Waals surface area contributed by atoms with Gasteiger partial charge in [0.1, 0.15) is 0 Å². The van der Waals surface area contributed by atoms with Gasteiger partial charge in [-0.2, -0.15) is 0 Å². The van der Waals surface area contributed by atoms with Crippen LogP contribution in [-0.4, -0.2) is 37.5 Å². The lowest BCUT2D eigenvalue weighted by molar-refractivity contribution is -0.147. The molecular formula is C20H19ClN2O6. The third-order valence-electron chi connectivity index (χ3n) is 3.66. The van der Waals surface area contributed by atoms with Gasteiger partial charge < -0.3 is 20.1 Å². The Labute approximate surface area is 172 Å². The molecule has 0 aliphatic heterocycles. The summed E-state index contributed by atoms with van der Waals surface area (Å²) in [5, 5.41) is 5.50. The van der Waals surface area contributed by atoms with Gasteiger partial charge in [-0.05, 0) is 36.4 Å². The topological polar surface area (TPSA) is 111 Å². The summed E-state index contributed by atoms with van der Waals surface area (Å²) in [4.78, 5) is 46.8. The molecule has 0 bridgehead atoms. The van der Waals surface area contributed by atoms with Gasteiger partial charge in [0.2, 0.25) is 5.91 Å². The van der Waals surface area contributed by atoms with E-state index in [9.17, 15) is 19.2 Å². The monoisotopic (exact) mass is 418 g/mol. The van der Waals surface area contributed by atoms with Crippen molar-refractivity contribution in [2.24, 2.45) is 0 Å². The van der Waals surface area contributed by atoms with Gasteiger partial charge in [-0.25, -0.2) is 4.79 Å². The van der Waals surface area contributed by atoms with Crippen molar-refractivity contribution in [1.82, 2.24) is 0 Å². The second kappa shape index (κ2) is 10.8. The highest BCUT2D eigenvalue weighted by molar-refractivity contribution is 6.33. The Morgan fingerprint density at radius 3 is 2.24 bits per heavy atom. The number of para-hydroxylation sites is 1. The van der Waals surface area contributed by atoms with Crippen LogP contribution in [-0.2, 0) is 23.9 Å². The third kappa shape index (κ3) is 7.27. The Morgan fingerprint density at radius 2 is 1.59 bits per heavy atom. The zero-order valence-electron chi connectivity index (χ0n) is 15.6. The zero-order valence-corrected chi connectivity index (χ0v) is 16.3. The van der Waals surface area contributed by atoms with Gasteiger partial charge in [-0.3, -0.25) is 14.4 Å². The molecule has 2 aromatic rings. The molecule has 2 rings (SSSR count). The van der Waals surface area contributed by atoms with E-state index in [-0.39, 0.29) is 12.8 Å². The molecule has 152 valence electrons. The Balaban J connectivity index is 1.70. The molecule has 0 aliphatic rings. The summed E-state index contributed by atoms with van der Waals surface area (Å²) < 4.78 is 9.43. The first-order valence-electron chi connectivity index (χ1n) is 8.57. The van der Waals surface area contributed by atoms with Gasteiger partial charge in [-0.1, -0.05) is 23.7 Å². The standard InChI is InChI=1S/C20H19ClN2O6/c1-28-20(27)13-6-8-14(9-7-13)22-18(25)12-29-19(26)11-10-17(24)23-16-5-3-2-4-15(16)21/h2-9H,10-12H2,1H3,(H,22,25)(H,23,24). The van der Waals surface area contributed by atoms with Crippen molar-refractivity contribution in [3.63, 3.8) is 0 Å². The molecule has 0 unspecified atom stereocenters. The number of benzene rings is 2. The number of carbonyl (C=O) groups is 4. The molecule has 29 heavy (non-hydrogen) atoms. The summed E-state index contributed by atoms with van der Waals surface area (Å²) in [6, 6.07) is 12.7. The summed E-state index contributed by atoms with van der Waals surface area (Å²) in [6.45, 7) is -0.496. The number of carbonyl (C=O) groups excluding carboxylic acids is 4. The van der Waals surface area contributed by atoms with E-state index in [1.807, 2.05) is 0 Å². The molecular weight excluding hydrogens is 400 g/mol. The average Bonchev–Trinajstić information content (AvgIpc) is 2.72. The van der Waals surface area contributed by atoms with Crippen LogP contribution in [0.2, 0.25) is 5.02 Å². The van der Waals surface area contributed by atoms with E-state index < -0.39 is 30.4 Å². The summed E-state index contributed by atoms with van der Waals surface area (Å²) in [6.07, 6.45) is -0.294. The van der Waals surface area contributed by atoms with Crippen LogP contribution in [0.1, 0.15) is 23.2 Å². The van der Waals surface area contributed by atoms with E-state index >= 15 is 0 Å². The van der Waals surface area contributed by atoms with Crippen LogP contribution in [0.4, 0.5) is 11.4 Å². The second-order valence-corrected chi connectivity index (χ2v) is 6.21. The number of rotatable bonds is 8. The first-order valence-corrected chi connectivity index (χ1v) is 8.95. The first kappa shape index (κ1) is 21.9. The van der Waals surface area contributed by atoms with Crippen LogP contribution in [0.15, 0.2) is 48.5 Å². The predicted molar refractivity (Wildman–Crippen MR) is 107 cm³/mol. The highest BCUT2D eigenvalue weighted by atomic mass is 35.5. The van der Waals surface area contributed by atoms with E-state index in [0.717, 1.165) is 0 Å². The van der Waals surface area contributed by atoms with Gasteiger partial charge in [-0.15, -0.1) is 0 Å². The molecule has 0 heterocycles. The third-order valence-corrected chi connectivity index (χ3v) is 3.99. The fraction of sp³-hybridized carbons (Fsp3) is 0.200. The molecule has 0 atom stereocenters. The van der Waals surface area contributed by atoms with Crippen LogP contribution in [0.3, 0.4) is 0 Å². The Morgan fingerprint density at radius 1 is 0.897 bits per heavy atom. The van der Waals surface area contributed by atoms with E-state index in [4.69, 9.17) is 16.3 Å². The van der Waals surface area contributed by atoms with Crippen LogP contribution in [0.25, 0.3) is 0 Å². The van der Waals surface area contributed by atoms with Gasteiger partial charge in [0.25, 0.3) is 5.91 Å². The van der Waals surface area contributed by atoms with Crippen molar-refractivity contribution in [2.45, 2.75) is 12.8 Å². The number of anilines is 2. The maximum atomic E-state index is 11.9. The van der Waals surface area contributed by atoms with E-state index in [1.54, 1.807) is 24.3 Å². The molecule has 9 heteroatoms. The molecule has 8 nitrogen and oxygen atoms in total. The lowest BCUT2D eigenvalue weighted by atomic mass is 10.2. The minimum Gasteiger partial charge on any atom is -0.465 e. The number of methoxy groups -OCH3 is 1. The quantitative estimate of drug-likeness (QED) is 0.637. The van der Waals surface area contributed by atoms with Crippen LogP contribution < -0.4 is 10.6 Å². The van der Waals surface area contributed by atoms with Gasteiger partial charge in [0.05, 0.1) is 29.8 Å². The Kier molecular flexibility index (Phi) is 8.17. The molecule has 0 saturated carbocycles. The average molecular weight is 419 g/mol. The number of hydrogen-bond acceptors (Lipinski definition) is 6. The highest BCUT2D eigenvalue weighted by Gasteiger charge is 2.12. The largest absolute Gasteiger partial charge is 0.465 e. The SMILES string of the molecule is COC(=O)c1ccc(NC(=O)COC(=O)CCC(=O)Nc2ccccc2Cl)cc1. The maximum Gasteiger partial charge on any atom is 0.337 e. The number of halogens is 1. The van der Waals surface area contributed by atoms with Gasteiger partial charge >= 0.3 is 11.9 Å². The minimum atomic E-state index is -0.685. The van der Waals surface area contributed by atoms with Crippen molar-refractivity contribution in [3.05, 3.63) is 59.1 Å². The summed E-state index contributed by atoms with van der Waals surface area (Å²) in [5.41, 5.74) is 1.22. The number of hydrogen-bond donors (Lipinski definition) is 2. The van der Waals surface area contributed by atoms with Crippen molar-refractivity contribution in [1.29, 1.82) is 0 Å². The highest BCUT2D eigenvalue weighted by Crippen LogP contribution is 2.20. The molecule has 0 aromatic heterocycles. The molecule has 0 spiro atoms. The van der Waals surface area contributed by atoms with E-state index in [0.29, 0.717) is 22.0 Å². The maximum absolute atomic E-state index is 11.9. The number of esters is 2. The number of amides is 2. The van der Waals surface area contributed by atoms with Crippen molar-refractivity contribution < 1.29 is 28.7 Å². The van der Waals surface area contributed by atoms with Crippen molar-refractivity contribution in [3.8, 4) is 0 Å². The molecule has 2 N–H and O–H groups in total. The second-order valence-electron chi connectivity index (χ2n) is 5.81. The summed E-state index contributed by atoms with van der Waals surface area (Å²) >= 11 is 5.94. The Bertz CT molecular complexity index is 898. The molecule has 0 aliphatic carbocycles. The molecule has 0 saturated heterocycles. The zero-order chi connectivity index (χ0) is 21.2. The number of nitrogens with one attached hydrogen (secondary N) is 2. The predicted octanol–water partition coefficient (Wildman–Crippen LogP) is 3.03. The molecule has 2 amide bonds. The van der Waals surface area contributed by atoms with Gasteiger partial charge in [0.15, 0.2) is 6.61 Å². The van der Waals surface area contributed by atoms with E-state index in [2.05, 4.69) is 15.4 Å². The lowest BCUT2D eigenvalue weighted by Crippen LogP contribution is -2.21. The summed E-state index contributed by atoms with van der Waals surface area (Å²) in [7, 11) is 1.27. The Hall–Kier alpha value is -3.39. The van der Waals surface area contributed by atoms with Crippen molar-refractivity contribution in [2.75, 3.05) is 24.4 Å². The number of ether oxygens (including phenoxy) is 2. The normalized spacial score (nSPS) is 10.0. The minimum absolute atomic E-state index is 0.110. The lowest BCUT2D eigenvalue weighted by Gasteiger charge is -2.08. The smallest absolute Gasteiger partial charge is 0.337 e. The molecule has 0 radical (unpaired) electrons. The van der Waals surface area contributed by atoms with Crippen LogP contribution in [0, 0.1) is 0 Å². The molecule has 2 aromatic carbocycles. The van der Waals surface area contributed by atoms with Crippen LogP contribution in [0.5, 0.6) is 0 Å². The van der Waals surface area contributed by atoms with Gasteiger partial charge in [0, 0.05) is 12.1 Å². The first-order chi connectivity index (χ1) is 13.9. The fourth-order valence-electron chi connectivity index (χ4n) is 2.21. The van der Waals surface area contributed by atoms with Crippen molar-refractivity contribution >= 4 is 46.7 Å². The van der Waals surface area contributed by atoms with E-state index in [1.165, 1.54) is 31.4 Å². The van der Waals surface area contributed by atoms with Crippen LogP contribution >= 0.6 is 11.6 Å². The fourth-order valence-corrected chi connectivity index (χ4v) is 2.40. The molecule has 0 fully saturated rings. The summed E-state index contributed by atoms with van der Waals surface area (Å²) in [5.74, 6) is -2.12.